The predicted molar refractivity (Wildman–Crippen MR) is 109 cm³/mol. The van der Waals surface area contributed by atoms with E-state index in [9.17, 15) is 10.1 Å². The second-order valence-electron chi connectivity index (χ2n) is 5.52. The van der Waals surface area contributed by atoms with E-state index in [1.54, 1.807) is 18.2 Å². The number of nitrogens with zero attached hydrogens (tertiary/aromatic N) is 2. The Balaban J connectivity index is 2.17. The van der Waals surface area contributed by atoms with Crippen molar-refractivity contribution in [1.82, 2.24) is 0 Å². The molecule has 0 aliphatic carbocycles. The lowest BCUT2D eigenvalue weighted by molar-refractivity contribution is -0.112. The van der Waals surface area contributed by atoms with Gasteiger partial charge in [-0.25, -0.2) is 0 Å². The number of anilines is 2. The molecule has 0 unspecified atom stereocenters. The lowest BCUT2D eigenvalue weighted by Crippen LogP contribution is -2.21. The maximum atomic E-state index is 12.3. The molecule has 0 aliphatic heterocycles. The Hall–Kier alpha value is -2.48. The summed E-state index contributed by atoms with van der Waals surface area (Å²) in [6.45, 7) is 6.03. The number of hydrogen-bond donors (Lipinski definition) is 1. The number of carbonyl (C=O) groups excluding carboxylic acids is 1. The fraction of sp³-hybridized carbons (Fsp3) is 0.200. The average molecular weight is 388 g/mol. The molecule has 26 heavy (non-hydrogen) atoms. The molecule has 0 saturated carbocycles. The zero-order chi connectivity index (χ0) is 19.1. The van der Waals surface area contributed by atoms with Gasteiger partial charge in [0.05, 0.1) is 10.0 Å². The van der Waals surface area contributed by atoms with Crippen LogP contribution in [0.5, 0.6) is 0 Å². The second kappa shape index (κ2) is 9.28. The van der Waals surface area contributed by atoms with Crippen molar-refractivity contribution in [3.63, 3.8) is 0 Å². The number of amides is 1. The number of hydrogen-bond acceptors (Lipinski definition) is 3. The summed E-state index contributed by atoms with van der Waals surface area (Å²) in [5.41, 5.74) is 2.36. The highest BCUT2D eigenvalue weighted by Gasteiger charge is 2.11. The largest absolute Gasteiger partial charge is 0.372 e. The number of halogens is 2. The normalized spacial score (nSPS) is 11.0. The predicted octanol–water partition coefficient (Wildman–Crippen LogP) is 5.39. The minimum atomic E-state index is -0.501. The number of carbonyl (C=O) groups is 1. The van der Waals surface area contributed by atoms with Gasteiger partial charge in [0.15, 0.2) is 0 Å². The van der Waals surface area contributed by atoms with E-state index in [0.717, 1.165) is 24.3 Å². The van der Waals surface area contributed by atoms with Crippen LogP contribution in [0.4, 0.5) is 11.4 Å². The zero-order valence-electron chi connectivity index (χ0n) is 14.6. The number of nitrogens with one attached hydrogen (secondary N) is 1. The van der Waals surface area contributed by atoms with Gasteiger partial charge in [-0.1, -0.05) is 35.3 Å². The molecular weight excluding hydrogens is 369 g/mol. The van der Waals surface area contributed by atoms with Crippen LogP contribution in [0, 0.1) is 11.3 Å². The molecule has 0 aliphatic rings. The van der Waals surface area contributed by atoms with Gasteiger partial charge >= 0.3 is 0 Å². The van der Waals surface area contributed by atoms with Crippen LogP contribution in [-0.4, -0.2) is 19.0 Å². The van der Waals surface area contributed by atoms with Crippen molar-refractivity contribution in [2.75, 3.05) is 23.3 Å². The molecule has 0 saturated heterocycles. The average Bonchev–Trinajstić information content (AvgIpc) is 2.64. The molecule has 0 fully saturated rings. The highest BCUT2D eigenvalue weighted by atomic mass is 35.5. The van der Waals surface area contributed by atoms with E-state index >= 15 is 0 Å². The van der Waals surface area contributed by atoms with E-state index in [-0.39, 0.29) is 5.57 Å². The standard InChI is InChI=1S/C20H19Cl2N3O/c1-3-25(4-2)17-8-5-14(6-9-17)11-15(13-23)20(26)24-16-7-10-18(21)19(22)12-16/h5-12H,3-4H2,1-2H3,(H,24,26). The Morgan fingerprint density at radius 3 is 2.31 bits per heavy atom. The molecule has 4 nitrogen and oxygen atoms in total. The SMILES string of the molecule is CCN(CC)c1ccc(C=C(C#N)C(=O)Nc2ccc(Cl)c(Cl)c2)cc1. The van der Waals surface area contributed by atoms with Crippen LogP contribution in [0.2, 0.25) is 10.0 Å². The van der Waals surface area contributed by atoms with Gasteiger partial charge in [0, 0.05) is 24.5 Å². The highest BCUT2D eigenvalue weighted by Crippen LogP contribution is 2.25. The van der Waals surface area contributed by atoms with Gasteiger partial charge in [-0.2, -0.15) is 5.26 Å². The van der Waals surface area contributed by atoms with Gasteiger partial charge in [0.2, 0.25) is 0 Å². The molecule has 0 radical (unpaired) electrons. The van der Waals surface area contributed by atoms with Crippen LogP contribution in [0.3, 0.4) is 0 Å². The minimum Gasteiger partial charge on any atom is -0.372 e. The molecule has 2 aromatic carbocycles. The maximum absolute atomic E-state index is 12.3. The Kier molecular flexibility index (Phi) is 7.08. The molecule has 1 N–H and O–H groups in total. The summed E-state index contributed by atoms with van der Waals surface area (Å²) < 4.78 is 0. The Bertz CT molecular complexity index is 850. The molecule has 134 valence electrons. The van der Waals surface area contributed by atoms with Crippen LogP contribution in [-0.2, 0) is 4.79 Å². The Morgan fingerprint density at radius 1 is 1.12 bits per heavy atom. The maximum Gasteiger partial charge on any atom is 0.266 e. The first kappa shape index (κ1) is 19.8. The Morgan fingerprint density at radius 2 is 1.77 bits per heavy atom. The summed E-state index contributed by atoms with van der Waals surface area (Å²) in [5, 5.41) is 12.7. The highest BCUT2D eigenvalue weighted by molar-refractivity contribution is 6.42. The smallest absolute Gasteiger partial charge is 0.266 e. The molecular formula is C20H19Cl2N3O. The van der Waals surface area contributed by atoms with E-state index in [4.69, 9.17) is 23.2 Å². The number of nitriles is 1. The van der Waals surface area contributed by atoms with Crippen molar-refractivity contribution in [1.29, 1.82) is 5.26 Å². The van der Waals surface area contributed by atoms with Gasteiger partial charge in [-0.05, 0) is 55.8 Å². The molecule has 2 aromatic rings. The molecule has 0 atom stereocenters. The third-order valence-electron chi connectivity index (χ3n) is 3.88. The van der Waals surface area contributed by atoms with Gasteiger partial charge in [-0.15, -0.1) is 0 Å². The summed E-state index contributed by atoms with van der Waals surface area (Å²) in [5.74, 6) is -0.501. The first-order valence-electron chi connectivity index (χ1n) is 8.21. The van der Waals surface area contributed by atoms with Gasteiger partial charge in [0.1, 0.15) is 11.6 Å². The summed E-state index contributed by atoms with van der Waals surface area (Å²) in [6.07, 6.45) is 1.55. The Labute approximate surface area is 163 Å². The monoisotopic (exact) mass is 387 g/mol. The summed E-state index contributed by atoms with van der Waals surface area (Å²) >= 11 is 11.8. The second-order valence-corrected chi connectivity index (χ2v) is 6.33. The van der Waals surface area contributed by atoms with E-state index in [2.05, 4.69) is 24.1 Å². The van der Waals surface area contributed by atoms with Crippen LogP contribution in [0.25, 0.3) is 6.08 Å². The number of rotatable bonds is 6. The quantitative estimate of drug-likeness (QED) is 0.534. The van der Waals surface area contributed by atoms with E-state index in [1.807, 2.05) is 30.3 Å². The first-order chi connectivity index (χ1) is 12.5. The van der Waals surface area contributed by atoms with Crippen molar-refractivity contribution >= 4 is 46.6 Å². The third kappa shape index (κ3) is 5.01. The lowest BCUT2D eigenvalue weighted by atomic mass is 10.1. The molecule has 0 heterocycles. The topological polar surface area (TPSA) is 56.1 Å². The van der Waals surface area contributed by atoms with Gasteiger partial charge in [0.25, 0.3) is 5.91 Å². The lowest BCUT2D eigenvalue weighted by Gasteiger charge is -2.20. The van der Waals surface area contributed by atoms with E-state index < -0.39 is 5.91 Å². The van der Waals surface area contributed by atoms with Crippen LogP contribution >= 0.6 is 23.2 Å². The molecule has 1 amide bonds. The van der Waals surface area contributed by atoms with Crippen molar-refractivity contribution in [3.8, 4) is 6.07 Å². The van der Waals surface area contributed by atoms with Crippen molar-refractivity contribution in [2.45, 2.75) is 13.8 Å². The molecule has 2 rings (SSSR count). The van der Waals surface area contributed by atoms with Crippen LogP contribution in [0.15, 0.2) is 48.0 Å². The molecule has 0 aromatic heterocycles. The van der Waals surface area contributed by atoms with E-state index in [1.165, 1.54) is 6.07 Å². The summed E-state index contributed by atoms with van der Waals surface area (Å²) in [4.78, 5) is 14.5. The summed E-state index contributed by atoms with van der Waals surface area (Å²) in [7, 11) is 0. The molecule has 0 bridgehead atoms. The van der Waals surface area contributed by atoms with Crippen molar-refractivity contribution in [3.05, 3.63) is 63.6 Å². The fourth-order valence-corrected chi connectivity index (χ4v) is 2.76. The zero-order valence-corrected chi connectivity index (χ0v) is 16.1. The minimum absolute atomic E-state index is 0.00617. The van der Waals surface area contributed by atoms with Crippen LogP contribution in [0.1, 0.15) is 19.4 Å². The van der Waals surface area contributed by atoms with Gasteiger partial charge < -0.3 is 10.2 Å². The fourth-order valence-electron chi connectivity index (χ4n) is 2.46. The van der Waals surface area contributed by atoms with E-state index in [0.29, 0.717) is 15.7 Å². The van der Waals surface area contributed by atoms with Gasteiger partial charge in [-0.3, -0.25) is 4.79 Å². The van der Waals surface area contributed by atoms with Crippen LogP contribution < -0.4 is 10.2 Å². The third-order valence-corrected chi connectivity index (χ3v) is 4.61. The van der Waals surface area contributed by atoms with Crippen molar-refractivity contribution in [2.24, 2.45) is 0 Å². The molecule has 0 spiro atoms. The summed E-state index contributed by atoms with van der Waals surface area (Å²) in [6, 6.07) is 14.4. The van der Waals surface area contributed by atoms with Crippen molar-refractivity contribution < 1.29 is 4.79 Å². The molecule has 6 heteroatoms. The number of benzene rings is 2. The first-order valence-corrected chi connectivity index (χ1v) is 8.97.